The molecule has 8 heteroatoms. The second-order valence-electron chi connectivity index (χ2n) is 6.30. The molecule has 29 heavy (non-hydrogen) atoms. The minimum atomic E-state index is -1.08. The van der Waals surface area contributed by atoms with Gasteiger partial charge >= 0.3 is 5.97 Å². The maximum Gasteiger partial charge on any atom is 0.375 e. The summed E-state index contributed by atoms with van der Waals surface area (Å²) in [7, 11) is 3.03. The van der Waals surface area contributed by atoms with Crippen molar-refractivity contribution in [2.24, 2.45) is 0 Å². The van der Waals surface area contributed by atoms with Crippen LogP contribution in [0.25, 0.3) is 11.0 Å². The third-order valence-corrected chi connectivity index (χ3v) is 4.64. The van der Waals surface area contributed by atoms with E-state index in [1.807, 2.05) is 0 Å². The maximum absolute atomic E-state index is 12.6. The van der Waals surface area contributed by atoms with Gasteiger partial charge in [0.1, 0.15) is 17.1 Å². The standard InChI is InChI=1S/C21H20ClNO6/c1-11-15-10-14(26-3)6-8-17(15)29-19(11)21(25)28-12(2)20(24)23-16-9-13(22)5-7-18(16)27-4/h5-10,12H,1-4H3,(H,23,24)/t12-/m0/s1. The number of halogens is 1. The molecule has 1 amide bonds. The van der Waals surface area contributed by atoms with Crippen LogP contribution in [0.4, 0.5) is 5.69 Å². The Morgan fingerprint density at radius 1 is 1.10 bits per heavy atom. The van der Waals surface area contributed by atoms with E-state index in [9.17, 15) is 9.59 Å². The molecule has 3 aromatic rings. The van der Waals surface area contributed by atoms with Gasteiger partial charge in [0.25, 0.3) is 5.91 Å². The molecule has 0 unspecified atom stereocenters. The highest BCUT2D eigenvalue weighted by Crippen LogP contribution is 2.30. The lowest BCUT2D eigenvalue weighted by molar-refractivity contribution is -0.123. The molecular weight excluding hydrogens is 398 g/mol. The van der Waals surface area contributed by atoms with Gasteiger partial charge in [0.15, 0.2) is 6.10 Å². The molecule has 0 aliphatic rings. The van der Waals surface area contributed by atoms with E-state index in [4.69, 9.17) is 30.2 Å². The molecule has 0 saturated heterocycles. The number of rotatable bonds is 6. The van der Waals surface area contributed by atoms with Gasteiger partial charge in [-0.05, 0) is 50.2 Å². The zero-order valence-corrected chi connectivity index (χ0v) is 17.1. The van der Waals surface area contributed by atoms with E-state index in [0.717, 1.165) is 5.39 Å². The van der Waals surface area contributed by atoms with Crippen LogP contribution in [0, 0.1) is 6.92 Å². The number of hydrogen-bond donors (Lipinski definition) is 1. The van der Waals surface area contributed by atoms with E-state index in [0.29, 0.717) is 33.4 Å². The Balaban J connectivity index is 1.75. The molecule has 1 N–H and O–H groups in total. The highest BCUT2D eigenvalue weighted by molar-refractivity contribution is 6.31. The minimum absolute atomic E-state index is 0.0354. The Morgan fingerprint density at radius 2 is 1.86 bits per heavy atom. The highest BCUT2D eigenvalue weighted by Gasteiger charge is 2.25. The average Bonchev–Trinajstić information content (AvgIpc) is 3.04. The first-order valence-corrected chi connectivity index (χ1v) is 9.14. The lowest BCUT2D eigenvalue weighted by Gasteiger charge is -2.15. The van der Waals surface area contributed by atoms with Gasteiger partial charge in [-0.2, -0.15) is 0 Å². The van der Waals surface area contributed by atoms with E-state index >= 15 is 0 Å². The summed E-state index contributed by atoms with van der Waals surface area (Å²) in [6.45, 7) is 3.20. The fourth-order valence-corrected chi connectivity index (χ4v) is 2.97. The fraction of sp³-hybridized carbons (Fsp3) is 0.238. The molecule has 152 valence electrons. The van der Waals surface area contributed by atoms with Crippen LogP contribution in [-0.2, 0) is 9.53 Å². The number of hydrogen-bond acceptors (Lipinski definition) is 6. The zero-order chi connectivity index (χ0) is 21.1. The van der Waals surface area contributed by atoms with Gasteiger partial charge in [-0.25, -0.2) is 4.79 Å². The summed E-state index contributed by atoms with van der Waals surface area (Å²) in [6.07, 6.45) is -1.08. The molecule has 0 aliphatic heterocycles. The minimum Gasteiger partial charge on any atom is -0.497 e. The molecular formula is C21H20ClNO6. The first-order chi connectivity index (χ1) is 13.8. The van der Waals surface area contributed by atoms with E-state index in [2.05, 4.69) is 5.32 Å². The number of fused-ring (bicyclic) bond motifs is 1. The van der Waals surface area contributed by atoms with Gasteiger partial charge < -0.3 is 23.9 Å². The van der Waals surface area contributed by atoms with Crippen molar-refractivity contribution in [2.45, 2.75) is 20.0 Å². The quantitative estimate of drug-likeness (QED) is 0.590. The van der Waals surface area contributed by atoms with Crippen LogP contribution in [0.5, 0.6) is 11.5 Å². The molecule has 7 nitrogen and oxygen atoms in total. The summed E-state index contributed by atoms with van der Waals surface area (Å²) in [5, 5.41) is 3.81. The van der Waals surface area contributed by atoms with E-state index in [1.54, 1.807) is 50.4 Å². The van der Waals surface area contributed by atoms with Crippen LogP contribution in [-0.4, -0.2) is 32.2 Å². The number of esters is 1. The van der Waals surface area contributed by atoms with Crippen LogP contribution in [0.3, 0.4) is 0 Å². The summed E-state index contributed by atoms with van der Waals surface area (Å²) in [5.41, 5.74) is 1.50. The molecule has 0 radical (unpaired) electrons. The summed E-state index contributed by atoms with van der Waals surface area (Å²) in [6, 6.07) is 10.0. The number of furan rings is 1. The molecule has 3 rings (SSSR count). The summed E-state index contributed by atoms with van der Waals surface area (Å²) < 4.78 is 21.3. The Labute approximate surface area is 172 Å². The Kier molecular flexibility index (Phi) is 5.98. The Hall–Kier alpha value is -3.19. The summed E-state index contributed by atoms with van der Waals surface area (Å²) >= 11 is 5.97. The normalized spacial score (nSPS) is 11.8. The van der Waals surface area contributed by atoms with Crippen LogP contribution in [0.2, 0.25) is 5.02 Å². The second-order valence-corrected chi connectivity index (χ2v) is 6.74. The number of amides is 1. The van der Waals surface area contributed by atoms with Crippen molar-refractivity contribution in [2.75, 3.05) is 19.5 Å². The van der Waals surface area contributed by atoms with E-state index in [-0.39, 0.29) is 5.76 Å². The average molecular weight is 418 g/mol. The van der Waals surface area contributed by atoms with Crippen molar-refractivity contribution in [3.63, 3.8) is 0 Å². The Bertz CT molecular complexity index is 1070. The van der Waals surface area contributed by atoms with Gasteiger partial charge in [-0.3, -0.25) is 4.79 Å². The molecule has 1 heterocycles. The van der Waals surface area contributed by atoms with Gasteiger partial charge in [0, 0.05) is 16.0 Å². The smallest absolute Gasteiger partial charge is 0.375 e. The molecule has 0 aliphatic carbocycles. The molecule has 2 aromatic carbocycles. The highest BCUT2D eigenvalue weighted by atomic mass is 35.5. The van der Waals surface area contributed by atoms with Crippen molar-refractivity contribution in [3.05, 3.63) is 52.7 Å². The number of ether oxygens (including phenoxy) is 3. The van der Waals surface area contributed by atoms with E-state index < -0.39 is 18.0 Å². The number of benzene rings is 2. The fourth-order valence-electron chi connectivity index (χ4n) is 2.80. The topological polar surface area (TPSA) is 87.0 Å². The van der Waals surface area contributed by atoms with Gasteiger partial charge in [-0.1, -0.05) is 11.6 Å². The largest absolute Gasteiger partial charge is 0.497 e. The monoisotopic (exact) mass is 417 g/mol. The van der Waals surface area contributed by atoms with E-state index in [1.165, 1.54) is 14.0 Å². The zero-order valence-electron chi connectivity index (χ0n) is 16.4. The molecule has 1 atom stereocenters. The summed E-state index contributed by atoms with van der Waals surface area (Å²) in [4.78, 5) is 25.0. The first-order valence-electron chi connectivity index (χ1n) is 8.76. The van der Waals surface area contributed by atoms with Gasteiger partial charge in [-0.15, -0.1) is 0 Å². The third-order valence-electron chi connectivity index (χ3n) is 4.40. The lowest BCUT2D eigenvalue weighted by Crippen LogP contribution is -2.30. The predicted molar refractivity (Wildman–Crippen MR) is 109 cm³/mol. The number of aryl methyl sites for hydroxylation is 1. The lowest BCUT2D eigenvalue weighted by atomic mass is 10.1. The number of carbonyl (C=O) groups is 2. The van der Waals surface area contributed by atoms with Crippen LogP contribution in [0.15, 0.2) is 40.8 Å². The molecule has 0 bridgehead atoms. The van der Waals surface area contributed by atoms with Crippen molar-refractivity contribution in [3.8, 4) is 11.5 Å². The van der Waals surface area contributed by atoms with Crippen LogP contribution in [0.1, 0.15) is 23.0 Å². The molecule has 0 saturated carbocycles. The number of carbonyl (C=O) groups excluding carboxylic acids is 2. The van der Waals surface area contributed by atoms with Crippen LogP contribution >= 0.6 is 11.6 Å². The predicted octanol–water partition coefficient (Wildman–Crippen LogP) is 4.60. The number of nitrogens with one attached hydrogen (secondary N) is 1. The van der Waals surface area contributed by atoms with Crippen molar-refractivity contribution < 1.29 is 28.2 Å². The third kappa shape index (κ3) is 4.30. The summed E-state index contributed by atoms with van der Waals surface area (Å²) in [5.74, 6) is -0.158. The van der Waals surface area contributed by atoms with Crippen molar-refractivity contribution in [1.29, 1.82) is 0 Å². The SMILES string of the molecule is COc1ccc2oc(C(=O)O[C@@H](C)C(=O)Nc3cc(Cl)ccc3OC)c(C)c2c1. The van der Waals surface area contributed by atoms with Crippen molar-refractivity contribution >= 4 is 40.1 Å². The number of anilines is 1. The second kappa shape index (κ2) is 8.45. The first kappa shape index (κ1) is 20.5. The Morgan fingerprint density at radius 3 is 2.55 bits per heavy atom. The van der Waals surface area contributed by atoms with Crippen molar-refractivity contribution in [1.82, 2.24) is 0 Å². The van der Waals surface area contributed by atoms with Gasteiger partial charge in [0.2, 0.25) is 5.76 Å². The molecule has 0 spiro atoms. The molecule has 1 aromatic heterocycles. The van der Waals surface area contributed by atoms with Crippen LogP contribution < -0.4 is 14.8 Å². The number of methoxy groups -OCH3 is 2. The maximum atomic E-state index is 12.6. The molecule has 0 fully saturated rings. The van der Waals surface area contributed by atoms with Gasteiger partial charge in [0.05, 0.1) is 19.9 Å².